The summed E-state index contributed by atoms with van der Waals surface area (Å²) in [6.45, 7) is 5.28. The molecular formula is C31H37F2N7O3S. The number of benzene rings is 1. The predicted molar refractivity (Wildman–Crippen MR) is 166 cm³/mol. The zero-order chi connectivity index (χ0) is 32.2. The van der Waals surface area contributed by atoms with Crippen LogP contribution < -0.4 is 11.1 Å². The molecule has 44 heavy (non-hydrogen) atoms. The van der Waals surface area contributed by atoms with Gasteiger partial charge in [0.15, 0.2) is 0 Å². The molecule has 0 aliphatic heterocycles. The molecule has 4 unspecified atom stereocenters. The number of hydrogen-bond acceptors (Lipinski definition) is 9. The Morgan fingerprint density at radius 3 is 2.64 bits per heavy atom. The number of imidazole rings is 1. The molecule has 4 rings (SSSR count). The van der Waals surface area contributed by atoms with Gasteiger partial charge in [0, 0.05) is 18.5 Å². The first-order valence-corrected chi connectivity index (χ1v) is 16.2. The monoisotopic (exact) mass is 625 g/mol. The third kappa shape index (κ3) is 7.93. The van der Waals surface area contributed by atoms with Gasteiger partial charge in [-0.25, -0.2) is 22.2 Å². The number of allylic oxidation sites excluding steroid dienone is 1. The normalized spacial score (nSPS) is 20.9. The summed E-state index contributed by atoms with van der Waals surface area (Å²) in [6.07, 6.45) is 10.0. The summed E-state index contributed by atoms with van der Waals surface area (Å²) in [7, 11) is -3.12. The van der Waals surface area contributed by atoms with Crippen LogP contribution in [0.25, 0.3) is 6.08 Å². The van der Waals surface area contributed by atoms with Crippen LogP contribution in [0.4, 0.5) is 20.4 Å². The van der Waals surface area contributed by atoms with E-state index in [1.165, 1.54) is 24.6 Å². The van der Waals surface area contributed by atoms with Crippen molar-refractivity contribution in [1.82, 2.24) is 15.0 Å². The first kappa shape index (κ1) is 32.9. The molecule has 3 aromatic rings. The Morgan fingerprint density at radius 1 is 1.30 bits per heavy atom. The summed E-state index contributed by atoms with van der Waals surface area (Å²) in [4.78, 5) is 11.7. The number of nitrogens with one attached hydrogen (secondary N) is 3. The van der Waals surface area contributed by atoms with Gasteiger partial charge in [-0.15, -0.1) is 0 Å². The number of rotatable bonds is 11. The van der Waals surface area contributed by atoms with Crippen molar-refractivity contribution in [2.75, 3.05) is 23.9 Å². The molecule has 0 amide bonds. The Labute approximate surface area is 256 Å². The SMILES string of the molecule is CC1CC(c2ccncc2Nc2ncc(/C=C\C(=N)c3c(F)cc(C(C)(C)C#N)cc3F)[nH]2)CC(N)C1OCCS(C)(=O)=O. The third-order valence-electron chi connectivity index (χ3n) is 7.85. The summed E-state index contributed by atoms with van der Waals surface area (Å²) in [5.41, 5.74) is 6.97. The van der Waals surface area contributed by atoms with Gasteiger partial charge in [0.25, 0.3) is 0 Å². The zero-order valence-corrected chi connectivity index (χ0v) is 25.9. The number of nitriles is 1. The van der Waals surface area contributed by atoms with Crippen molar-refractivity contribution in [3.8, 4) is 6.07 Å². The number of aromatic nitrogens is 3. The minimum absolute atomic E-state index is 0.0467. The molecular weight excluding hydrogens is 588 g/mol. The molecule has 10 nitrogen and oxygen atoms in total. The van der Waals surface area contributed by atoms with Crippen LogP contribution in [0.2, 0.25) is 0 Å². The fourth-order valence-corrected chi connectivity index (χ4v) is 5.83. The Hall–Kier alpha value is -3.99. The number of hydrogen-bond donors (Lipinski definition) is 4. The molecule has 0 spiro atoms. The van der Waals surface area contributed by atoms with Crippen molar-refractivity contribution in [3.63, 3.8) is 0 Å². The van der Waals surface area contributed by atoms with Crippen molar-refractivity contribution >= 4 is 33.3 Å². The fraction of sp³-hybridized carbons (Fsp3) is 0.419. The number of pyridine rings is 1. The smallest absolute Gasteiger partial charge is 0.205 e. The van der Waals surface area contributed by atoms with E-state index in [0.717, 1.165) is 29.8 Å². The summed E-state index contributed by atoms with van der Waals surface area (Å²) < 4.78 is 58.4. The van der Waals surface area contributed by atoms with E-state index in [9.17, 15) is 22.5 Å². The number of nitrogens with two attached hydrogens (primary N) is 1. The molecule has 1 aliphatic carbocycles. The van der Waals surface area contributed by atoms with Crippen LogP contribution in [0.15, 0.2) is 42.9 Å². The van der Waals surface area contributed by atoms with Gasteiger partial charge in [0.2, 0.25) is 5.95 Å². The highest BCUT2D eigenvalue weighted by atomic mass is 32.2. The number of aromatic amines is 1. The van der Waals surface area contributed by atoms with E-state index in [1.54, 1.807) is 26.2 Å². The minimum Gasteiger partial charge on any atom is -0.375 e. The summed E-state index contributed by atoms with van der Waals surface area (Å²) in [6, 6.07) is 5.83. The van der Waals surface area contributed by atoms with Crippen LogP contribution >= 0.6 is 0 Å². The molecule has 0 bridgehead atoms. The Balaban J connectivity index is 1.43. The van der Waals surface area contributed by atoms with Crippen LogP contribution in [0.5, 0.6) is 0 Å². The summed E-state index contributed by atoms with van der Waals surface area (Å²) in [5, 5.41) is 20.8. The van der Waals surface area contributed by atoms with E-state index < -0.39 is 32.5 Å². The van der Waals surface area contributed by atoms with E-state index in [-0.39, 0.29) is 47.6 Å². The molecule has 1 saturated carbocycles. The predicted octanol–water partition coefficient (Wildman–Crippen LogP) is 4.98. The topological polar surface area (TPSA) is 171 Å². The second kappa shape index (κ2) is 13.3. The number of nitrogens with zero attached hydrogens (tertiary/aromatic N) is 3. The third-order valence-corrected chi connectivity index (χ3v) is 8.75. The van der Waals surface area contributed by atoms with Crippen LogP contribution in [-0.2, 0) is 20.0 Å². The highest BCUT2D eigenvalue weighted by Gasteiger charge is 2.36. The first-order valence-electron chi connectivity index (χ1n) is 14.2. The minimum atomic E-state index is -3.12. The Kier molecular flexibility index (Phi) is 9.98. The Morgan fingerprint density at radius 2 is 2.00 bits per heavy atom. The lowest BCUT2D eigenvalue weighted by Crippen LogP contribution is -2.47. The lowest BCUT2D eigenvalue weighted by atomic mass is 9.74. The lowest BCUT2D eigenvalue weighted by molar-refractivity contribution is -0.0152. The first-order chi connectivity index (χ1) is 20.7. The van der Waals surface area contributed by atoms with Gasteiger partial charge in [0.1, 0.15) is 21.5 Å². The van der Waals surface area contributed by atoms with Gasteiger partial charge in [-0.1, -0.05) is 6.92 Å². The molecule has 1 aromatic carbocycles. The van der Waals surface area contributed by atoms with Crippen molar-refractivity contribution in [1.29, 1.82) is 10.7 Å². The molecule has 0 saturated heterocycles. The van der Waals surface area contributed by atoms with Gasteiger partial charge in [-0.2, -0.15) is 5.26 Å². The highest BCUT2D eigenvalue weighted by Crippen LogP contribution is 2.40. The van der Waals surface area contributed by atoms with Crippen molar-refractivity contribution in [3.05, 3.63) is 76.9 Å². The van der Waals surface area contributed by atoms with Gasteiger partial charge in [-0.05, 0) is 80.0 Å². The number of halogens is 2. The molecule has 4 atom stereocenters. The highest BCUT2D eigenvalue weighted by molar-refractivity contribution is 7.90. The molecule has 234 valence electrons. The van der Waals surface area contributed by atoms with Crippen molar-refractivity contribution in [2.45, 2.75) is 57.1 Å². The van der Waals surface area contributed by atoms with E-state index in [1.807, 2.05) is 19.1 Å². The maximum atomic E-state index is 14.8. The summed E-state index contributed by atoms with van der Waals surface area (Å²) in [5.74, 6) is -1.28. The van der Waals surface area contributed by atoms with E-state index >= 15 is 0 Å². The Bertz CT molecular complexity index is 1660. The molecule has 2 aromatic heterocycles. The quantitative estimate of drug-likeness (QED) is 0.216. The fourth-order valence-electron chi connectivity index (χ4n) is 5.43. The zero-order valence-electron chi connectivity index (χ0n) is 25.1. The van der Waals surface area contributed by atoms with Crippen LogP contribution in [0.1, 0.15) is 61.9 Å². The van der Waals surface area contributed by atoms with Crippen LogP contribution in [0.3, 0.4) is 0 Å². The maximum absolute atomic E-state index is 14.8. The number of anilines is 2. The molecule has 5 N–H and O–H groups in total. The standard InChI is InChI=1S/C31H37F2N7O3S/c1-18-11-19(12-26(36)29(18)43-9-10-44(4,41)42)22-7-8-37-16-27(22)40-30-38-15-21(39-30)5-6-25(35)28-23(32)13-20(14-24(28)33)31(2,3)17-34/h5-8,13-16,18-19,26,29,35H,9-12,36H2,1-4H3,(H2,38,39,40)/b6-5-,35-25?. The largest absolute Gasteiger partial charge is 0.375 e. The van der Waals surface area contributed by atoms with E-state index in [2.05, 4.69) is 20.3 Å². The van der Waals surface area contributed by atoms with E-state index in [0.29, 0.717) is 18.1 Å². The van der Waals surface area contributed by atoms with Gasteiger partial charge in [-0.3, -0.25) is 4.98 Å². The number of H-pyrrole nitrogens is 1. The average molecular weight is 626 g/mol. The van der Waals surface area contributed by atoms with Crippen LogP contribution in [-0.4, -0.2) is 59.8 Å². The van der Waals surface area contributed by atoms with Gasteiger partial charge in [0.05, 0.1) is 65.0 Å². The number of sulfone groups is 1. The molecule has 2 heterocycles. The molecule has 1 aliphatic rings. The lowest BCUT2D eigenvalue weighted by Gasteiger charge is -2.39. The van der Waals surface area contributed by atoms with Gasteiger partial charge < -0.3 is 26.2 Å². The van der Waals surface area contributed by atoms with Crippen LogP contribution in [0, 0.1) is 34.3 Å². The second-order valence-corrected chi connectivity index (χ2v) is 14.1. The summed E-state index contributed by atoms with van der Waals surface area (Å²) >= 11 is 0. The van der Waals surface area contributed by atoms with E-state index in [4.69, 9.17) is 15.9 Å². The maximum Gasteiger partial charge on any atom is 0.205 e. The van der Waals surface area contributed by atoms with Crippen molar-refractivity contribution in [2.24, 2.45) is 11.7 Å². The molecule has 1 fully saturated rings. The van der Waals surface area contributed by atoms with Gasteiger partial charge >= 0.3 is 0 Å². The number of ether oxygens (including phenoxy) is 1. The second-order valence-electron chi connectivity index (χ2n) is 11.8. The molecule has 0 radical (unpaired) electrons. The average Bonchev–Trinajstić information content (AvgIpc) is 3.39. The van der Waals surface area contributed by atoms with Crippen molar-refractivity contribution < 1.29 is 21.9 Å². The molecule has 13 heteroatoms.